The van der Waals surface area contributed by atoms with E-state index in [1.165, 1.54) is 0 Å². The highest BCUT2D eigenvalue weighted by Gasteiger charge is 2.12. The average Bonchev–Trinajstić information content (AvgIpc) is 2.95. The molecule has 0 saturated heterocycles. The van der Waals surface area contributed by atoms with Gasteiger partial charge in [-0.3, -0.25) is 5.10 Å². The predicted octanol–water partition coefficient (Wildman–Crippen LogP) is 2.12. The molecule has 0 radical (unpaired) electrons. The number of nitrogens with one attached hydrogen (secondary N) is 2. The summed E-state index contributed by atoms with van der Waals surface area (Å²) in [5.41, 5.74) is 7.44. The van der Waals surface area contributed by atoms with Gasteiger partial charge in [0.2, 0.25) is 5.95 Å². The molecule has 0 fully saturated rings. The molecular formula is C14H16N6O. The maximum Gasteiger partial charge on any atom is 0.224 e. The van der Waals surface area contributed by atoms with Gasteiger partial charge in [0.1, 0.15) is 11.6 Å². The second-order valence-corrected chi connectivity index (χ2v) is 4.70. The fourth-order valence-electron chi connectivity index (χ4n) is 2.14. The van der Waals surface area contributed by atoms with Crippen LogP contribution in [0, 0.1) is 0 Å². The largest absolute Gasteiger partial charge is 0.497 e. The predicted molar refractivity (Wildman–Crippen MR) is 81.1 cm³/mol. The third kappa shape index (κ3) is 2.58. The molecule has 21 heavy (non-hydrogen) atoms. The molecule has 3 rings (SSSR count). The van der Waals surface area contributed by atoms with Crippen LogP contribution in [-0.4, -0.2) is 27.3 Å². The lowest BCUT2D eigenvalue weighted by molar-refractivity contribution is 0.414. The summed E-state index contributed by atoms with van der Waals surface area (Å²) in [6, 6.07) is 7.93. The topological polar surface area (TPSA) is 102 Å². The minimum absolute atomic E-state index is 0.0586. The van der Waals surface area contributed by atoms with Crippen molar-refractivity contribution in [2.45, 2.75) is 13.0 Å². The van der Waals surface area contributed by atoms with Crippen LogP contribution >= 0.6 is 0 Å². The number of rotatable bonds is 4. The normalized spacial score (nSPS) is 12.3. The van der Waals surface area contributed by atoms with E-state index in [0.29, 0.717) is 11.5 Å². The maximum atomic E-state index is 5.71. The Bertz CT molecular complexity index is 752. The smallest absolute Gasteiger partial charge is 0.224 e. The highest BCUT2D eigenvalue weighted by molar-refractivity contribution is 5.86. The van der Waals surface area contributed by atoms with Gasteiger partial charge < -0.3 is 15.8 Å². The van der Waals surface area contributed by atoms with Crippen LogP contribution in [0.15, 0.2) is 30.5 Å². The summed E-state index contributed by atoms with van der Waals surface area (Å²) in [5.74, 6) is 1.69. The number of H-pyrrole nitrogens is 1. The van der Waals surface area contributed by atoms with Crippen LogP contribution in [0.5, 0.6) is 5.75 Å². The number of hydrogen-bond acceptors (Lipinski definition) is 6. The van der Waals surface area contributed by atoms with E-state index in [9.17, 15) is 0 Å². The zero-order valence-corrected chi connectivity index (χ0v) is 11.8. The van der Waals surface area contributed by atoms with Gasteiger partial charge in [-0.2, -0.15) is 15.1 Å². The van der Waals surface area contributed by atoms with Crippen molar-refractivity contribution in [1.29, 1.82) is 0 Å². The first-order valence-electron chi connectivity index (χ1n) is 6.54. The molecule has 1 atom stereocenters. The molecule has 2 heterocycles. The second kappa shape index (κ2) is 5.28. The highest BCUT2D eigenvalue weighted by Crippen LogP contribution is 2.25. The average molecular weight is 284 g/mol. The first-order valence-corrected chi connectivity index (χ1v) is 6.54. The highest BCUT2D eigenvalue weighted by atomic mass is 16.5. The molecule has 3 aromatic rings. The summed E-state index contributed by atoms with van der Waals surface area (Å²) >= 11 is 0. The summed E-state index contributed by atoms with van der Waals surface area (Å²) in [4.78, 5) is 8.33. The molecule has 0 aliphatic carbocycles. The number of benzene rings is 1. The molecule has 0 aliphatic rings. The quantitative estimate of drug-likeness (QED) is 0.678. The number of ether oxygens (including phenoxy) is 1. The van der Waals surface area contributed by atoms with Crippen molar-refractivity contribution in [3.05, 3.63) is 36.0 Å². The van der Waals surface area contributed by atoms with Crippen LogP contribution in [0.3, 0.4) is 0 Å². The molecule has 2 aromatic heterocycles. The lowest BCUT2D eigenvalue weighted by Crippen LogP contribution is -2.09. The fraction of sp³-hybridized carbons (Fsp3) is 0.214. The Balaban J connectivity index is 1.88. The van der Waals surface area contributed by atoms with Crippen LogP contribution in [0.2, 0.25) is 0 Å². The van der Waals surface area contributed by atoms with E-state index >= 15 is 0 Å². The minimum atomic E-state index is 0.0586. The van der Waals surface area contributed by atoms with Gasteiger partial charge in [0.05, 0.1) is 18.7 Å². The molecule has 1 aromatic carbocycles. The van der Waals surface area contributed by atoms with Gasteiger partial charge in [0, 0.05) is 6.04 Å². The molecule has 4 N–H and O–H groups in total. The Morgan fingerprint density at radius 1 is 1.24 bits per heavy atom. The molecule has 0 bridgehead atoms. The molecule has 0 amide bonds. The zero-order chi connectivity index (χ0) is 14.8. The lowest BCUT2D eigenvalue weighted by atomic mass is 10.1. The number of aromatic nitrogens is 4. The second-order valence-electron chi connectivity index (χ2n) is 4.70. The van der Waals surface area contributed by atoms with E-state index in [1.807, 2.05) is 31.2 Å². The first kappa shape index (κ1) is 13.2. The van der Waals surface area contributed by atoms with Crippen LogP contribution < -0.4 is 15.8 Å². The van der Waals surface area contributed by atoms with E-state index in [0.717, 1.165) is 16.7 Å². The summed E-state index contributed by atoms with van der Waals surface area (Å²) in [7, 11) is 1.65. The molecular weight excluding hydrogens is 268 g/mol. The zero-order valence-electron chi connectivity index (χ0n) is 11.8. The maximum absolute atomic E-state index is 5.71. The first-order chi connectivity index (χ1) is 10.2. The third-order valence-corrected chi connectivity index (χ3v) is 3.30. The number of nitrogens with zero attached hydrogens (tertiary/aromatic N) is 3. The van der Waals surface area contributed by atoms with Gasteiger partial charge in [-0.05, 0) is 24.6 Å². The van der Waals surface area contributed by atoms with Gasteiger partial charge in [-0.1, -0.05) is 12.1 Å². The van der Waals surface area contributed by atoms with E-state index in [-0.39, 0.29) is 12.0 Å². The Labute approximate surface area is 121 Å². The Morgan fingerprint density at radius 3 is 2.71 bits per heavy atom. The van der Waals surface area contributed by atoms with Crippen molar-refractivity contribution in [2.75, 3.05) is 18.2 Å². The summed E-state index contributed by atoms with van der Waals surface area (Å²) < 4.78 is 5.16. The molecule has 0 spiro atoms. The van der Waals surface area contributed by atoms with Crippen molar-refractivity contribution in [1.82, 2.24) is 20.2 Å². The van der Waals surface area contributed by atoms with Crippen molar-refractivity contribution in [2.24, 2.45) is 0 Å². The molecule has 0 aliphatic heterocycles. The van der Waals surface area contributed by atoms with E-state index in [2.05, 4.69) is 25.5 Å². The Kier molecular flexibility index (Phi) is 3.31. The van der Waals surface area contributed by atoms with E-state index in [1.54, 1.807) is 13.3 Å². The minimum Gasteiger partial charge on any atom is -0.497 e. The molecule has 0 saturated carbocycles. The molecule has 108 valence electrons. The van der Waals surface area contributed by atoms with Crippen molar-refractivity contribution < 1.29 is 4.74 Å². The van der Waals surface area contributed by atoms with Crippen molar-refractivity contribution >= 4 is 22.8 Å². The van der Waals surface area contributed by atoms with E-state index in [4.69, 9.17) is 10.5 Å². The fourth-order valence-corrected chi connectivity index (χ4v) is 2.14. The summed E-state index contributed by atoms with van der Waals surface area (Å²) in [5, 5.41) is 10.9. The number of anilines is 2. The van der Waals surface area contributed by atoms with Crippen molar-refractivity contribution in [3.8, 4) is 5.75 Å². The number of fused-ring (bicyclic) bond motifs is 1. The van der Waals surface area contributed by atoms with Crippen LogP contribution in [0.25, 0.3) is 11.0 Å². The molecule has 7 heteroatoms. The monoisotopic (exact) mass is 284 g/mol. The molecule has 1 unspecified atom stereocenters. The molecule has 7 nitrogen and oxygen atoms in total. The van der Waals surface area contributed by atoms with Gasteiger partial charge in [0.15, 0.2) is 5.65 Å². The number of aromatic amines is 1. The van der Waals surface area contributed by atoms with Crippen LogP contribution in [-0.2, 0) is 0 Å². The number of nitrogen functional groups attached to an aromatic ring is 1. The van der Waals surface area contributed by atoms with Crippen LogP contribution in [0.4, 0.5) is 11.8 Å². The van der Waals surface area contributed by atoms with Gasteiger partial charge in [-0.25, -0.2) is 0 Å². The summed E-state index contributed by atoms with van der Waals surface area (Å²) in [6.07, 6.45) is 1.68. The van der Waals surface area contributed by atoms with Gasteiger partial charge in [-0.15, -0.1) is 0 Å². The van der Waals surface area contributed by atoms with E-state index < -0.39 is 0 Å². The third-order valence-electron chi connectivity index (χ3n) is 3.30. The number of methoxy groups -OCH3 is 1. The number of hydrogen-bond donors (Lipinski definition) is 3. The standard InChI is InChI=1S/C14H16N6O/c1-8(9-3-5-10(21-2)6-4-9)17-12-11-7-16-20-13(11)19-14(15)18-12/h3-8H,1-2H3,(H4,15,16,17,18,19,20). The summed E-state index contributed by atoms with van der Waals surface area (Å²) in [6.45, 7) is 2.05. The SMILES string of the molecule is COc1ccc(C(C)Nc2nc(N)nc3[nH]ncc23)cc1. The van der Waals surface area contributed by atoms with Crippen molar-refractivity contribution in [3.63, 3.8) is 0 Å². The lowest BCUT2D eigenvalue weighted by Gasteiger charge is -2.16. The van der Waals surface area contributed by atoms with Gasteiger partial charge in [0.25, 0.3) is 0 Å². The Hall–Kier alpha value is -2.83. The van der Waals surface area contributed by atoms with Crippen LogP contribution in [0.1, 0.15) is 18.5 Å². The van der Waals surface area contributed by atoms with Gasteiger partial charge >= 0.3 is 0 Å². The Morgan fingerprint density at radius 2 is 2.00 bits per heavy atom. The number of nitrogens with two attached hydrogens (primary N) is 1.